The summed E-state index contributed by atoms with van der Waals surface area (Å²) in [7, 11) is 0. The third-order valence-corrected chi connectivity index (χ3v) is 7.82. The molecule has 5 rings (SSSR count). The van der Waals surface area contributed by atoms with Gasteiger partial charge in [-0.1, -0.05) is 11.6 Å². The summed E-state index contributed by atoms with van der Waals surface area (Å²) in [6.45, 7) is 2.64. The van der Waals surface area contributed by atoms with Gasteiger partial charge in [-0.25, -0.2) is 4.98 Å². The number of fused-ring (bicyclic) bond motifs is 2. The summed E-state index contributed by atoms with van der Waals surface area (Å²) >= 11 is 6.54. The molecule has 36 heavy (non-hydrogen) atoms. The molecular weight excluding hydrogens is 491 g/mol. The largest absolute Gasteiger partial charge is 0.433 e. The van der Waals surface area contributed by atoms with E-state index in [0.717, 1.165) is 74.3 Å². The Kier molecular flexibility index (Phi) is 6.61. The van der Waals surface area contributed by atoms with E-state index in [2.05, 4.69) is 15.4 Å². The normalized spacial score (nSPS) is 20.4. The van der Waals surface area contributed by atoms with Gasteiger partial charge in [-0.3, -0.25) is 9.48 Å². The van der Waals surface area contributed by atoms with Crippen molar-refractivity contribution in [2.45, 2.75) is 83.0 Å². The number of nitrogens with one attached hydrogen (secondary N) is 1. The van der Waals surface area contributed by atoms with Crippen molar-refractivity contribution >= 4 is 34.1 Å². The second-order valence-electron chi connectivity index (χ2n) is 9.77. The van der Waals surface area contributed by atoms with Gasteiger partial charge >= 0.3 is 6.18 Å². The molecule has 6 nitrogen and oxygen atoms in total. The molecule has 3 aromatic rings. The van der Waals surface area contributed by atoms with Crippen LogP contribution >= 0.6 is 11.6 Å². The topological polar surface area (TPSA) is 85.8 Å². The molecule has 0 radical (unpaired) electrons. The van der Waals surface area contributed by atoms with Crippen molar-refractivity contribution < 1.29 is 18.0 Å². The van der Waals surface area contributed by atoms with Gasteiger partial charge in [0.15, 0.2) is 0 Å². The molecular formula is C26H29ClF3N5O. The van der Waals surface area contributed by atoms with Crippen LogP contribution < -0.4 is 11.1 Å². The van der Waals surface area contributed by atoms with Crippen molar-refractivity contribution in [1.29, 1.82) is 0 Å². The predicted molar refractivity (Wildman–Crippen MR) is 133 cm³/mol. The number of pyridine rings is 1. The van der Waals surface area contributed by atoms with E-state index in [0.29, 0.717) is 22.6 Å². The zero-order valence-electron chi connectivity index (χ0n) is 20.1. The molecule has 2 aliphatic rings. The van der Waals surface area contributed by atoms with Crippen molar-refractivity contribution in [3.8, 4) is 0 Å². The van der Waals surface area contributed by atoms with Gasteiger partial charge in [-0.15, -0.1) is 0 Å². The highest BCUT2D eigenvalue weighted by Crippen LogP contribution is 2.43. The van der Waals surface area contributed by atoms with Crippen molar-refractivity contribution in [3.05, 3.63) is 51.4 Å². The van der Waals surface area contributed by atoms with Crippen LogP contribution in [-0.4, -0.2) is 26.7 Å². The summed E-state index contributed by atoms with van der Waals surface area (Å²) in [5.41, 5.74) is 8.86. The Balaban J connectivity index is 1.34. The first-order chi connectivity index (χ1) is 17.2. The minimum Gasteiger partial charge on any atom is -0.398 e. The smallest absolute Gasteiger partial charge is 0.398 e. The van der Waals surface area contributed by atoms with E-state index >= 15 is 0 Å². The highest BCUT2D eigenvalue weighted by molar-refractivity contribution is 6.32. The molecule has 10 heteroatoms. The number of halogens is 4. The summed E-state index contributed by atoms with van der Waals surface area (Å²) in [5.74, 6) is -0.0589. The van der Waals surface area contributed by atoms with Crippen LogP contribution in [-0.2, 0) is 25.6 Å². The number of anilines is 1. The summed E-state index contributed by atoms with van der Waals surface area (Å²) in [5, 5.41) is 8.83. The first-order valence-corrected chi connectivity index (χ1v) is 12.9. The van der Waals surface area contributed by atoms with Crippen LogP contribution in [0.2, 0.25) is 5.02 Å². The fourth-order valence-corrected chi connectivity index (χ4v) is 6.09. The number of benzene rings is 1. The van der Waals surface area contributed by atoms with E-state index < -0.39 is 11.9 Å². The summed E-state index contributed by atoms with van der Waals surface area (Å²) < 4.78 is 41.5. The van der Waals surface area contributed by atoms with Crippen LogP contribution in [0.3, 0.4) is 0 Å². The summed E-state index contributed by atoms with van der Waals surface area (Å²) in [6.07, 6.45) is 2.33. The molecule has 1 saturated carbocycles. The zero-order valence-corrected chi connectivity index (χ0v) is 20.8. The van der Waals surface area contributed by atoms with E-state index in [-0.39, 0.29) is 29.1 Å². The number of rotatable bonds is 4. The van der Waals surface area contributed by atoms with Crippen LogP contribution in [0.1, 0.15) is 84.4 Å². The zero-order chi connectivity index (χ0) is 25.6. The third kappa shape index (κ3) is 4.53. The average Bonchev–Trinajstić information content (AvgIpc) is 3.23. The number of carbonyl (C=O) groups is 1. The minimum absolute atomic E-state index is 0.00857. The average molecular weight is 520 g/mol. The molecule has 0 unspecified atom stereocenters. The number of hydrogen-bond donors (Lipinski definition) is 2. The first kappa shape index (κ1) is 24.9. The van der Waals surface area contributed by atoms with Gasteiger partial charge in [0.25, 0.3) is 5.91 Å². The Morgan fingerprint density at radius 1 is 1.19 bits per heavy atom. The van der Waals surface area contributed by atoms with Crippen LogP contribution in [0.4, 0.5) is 18.9 Å². The lowest BCUT2D eigenvalue weighted by molar-refractivity contribution is -0.140. The molecule has 1 aromatic carbocycles. The molecule has 0 aliphatic heterocycles. The molecule has 0 atom stereocenters. The second-order valence-corrected chi connectivity index (χ2v) is 10.2. The molecule has 0 bridgehead atoms. The Morgan fingerprint density at radius 3 is 2.61 bits per heavy atom. The fourth-order valence-electron chi connectivity index (χ4n) is 5.77. The minimum atomic E-state index is -4.58. The molecule has 3 N–H and O–H groups in total. The molecule has 2 aromatic heterocycles. The maximum absolute atomic E-state index is 13.3. The first-order valence-electron chi connectivity index (χ1n) is 12.5. The van der Waals surface area contributed by atoms with E-state index in [1.807, 2.05) is 11.6 Å². The highest BCUT2D eigenvalue weighted by atomic mass is 35.5. The van der Waals surface area contributed by atoms with Gasteiger partial charge in [0.1, 0.15) is 11.4 Å². The molecule has 1 amide bonds. The number of aryl methyl sites for hydroxylation is 2. The van der Waals surface area contributed by atoms with Crippen LogP contribution in [0.5, 0.6) is 0 Å². The Labute approximate surface area is 212 Å². The molecule has 2 heterocycles. The van der Waals surface area contributed by atoms with Crippen LogP contribution in [0.25, 0.3) is 10.9 Å². The molecule has 1 fully saturated rings. The van der Waals surface area contributed by atoms with Crippen LogP contribution in [0, 0.1) is 0 Å². The lowest BCUT2D eigenvalue weighted by Crippen LogP contribution is -2.38. The molecule has 192 valence electrons. The Bertz CT molecular complexity index is 1310. The number of aromatic nitrogens is 3. The maximum Gasteiger partial charge on any atom is 0.433 e. The third-order valence-electron chi connectivity index (χ3n) is 7.49. The van der Waals surface area contributed by atoms with Crippen molar-refractivity contribution in [2.75, 3.05) is 5.73 Å². The van der Waals surface area contributed by atoms with Crippen molar-refractivity contribution in [3.63, 3.8) is 0 Å². The fraction of sp³-hybridized carbons (Fsp3) is 0.500. The number of hydrogen-bond acceptors (Lipinski definition) is 4. The van der Waals surface area contributed by atoms with Crippen molar-refractivity contribution in [2.24, 2.45) is 0 Å². The standard InChI is InChI=1S/C26H29ClF3N5O/c1-2-35-24(16-5-3-4-6-19(16)34-35)25(36)32-15-9-7-14(8-10-15)22-17(27)11-12-20-23(22)18(31)13-21(33-20)26(28,29)30/h11-15H,2-10H2,1H3,(H2,31,33)(H,32,36). The van der Waals surface area contributed by atoms with Gasteiger partial charge in [0.05, 0.1) is 11.2 Å². The molecule has 0 spiro atoms. The van der Waals surface area contributed by atoms with Gasteiger partial charge in [0, 0.05) is 34.2 Å². The molecule has 0 saturated heterocycles. The summed E-state index contributed by atoms with van der Waals surface area (Å²) in [4.78, 5) is 17.1. The Hall–Kier alpha value is -2.81. The van der Waals surface area contributed by atoms with Gasteiger partial charge in [-0.05, 0) is 88.0 Å². The molecule has 2 aliphatic carbocycles. The highest BCUT2D eigenvalue weighted by Gasteiger charge is 2.35. The van der Waals surface area contributed by atoms with Crippen LogP contribution in [0.15, 0.2) is 18.2 Å². The van der Waals surface area contributed by atoms with Gasteiger partial charge in [0.2, 0.25) is 0 Å². The quantitative estimate of drug-likeness (QED) is 0.440. The van der Waals surface area contributed by atoms with Gasteiger partial charge < -0.3 is 11.1 Å². The van der Waals surface area contributed by atoms with E-state index in [1.165, 1.54) is 6.07 Å². The number of amides is 1. The number of alkyl halides is 3. The van der Waals surface area contributed by atoms with E-state index in [1.54, 1.807) is 6.07 Å². The lowest BCUT2D eigenvalue weighted by Gasteiger charge is -2.31. The lowest BCUT2D eigenvalue weighted by atomic mass is 9.80. The van der Waals surface area contributed by atoms with Crippen molar-refractivity contribution in [1.82, 2.24) is 20.1 Å². The second kappa shape index (κ2) is 9.57. The monoisotopic (exact) mass is 519 g/mol. The number of nitrogens with zero attached hydrogens (tertiary/aromatic N) is 3. The number of carbonyl (C=O) groups excluding carboxylic acids is 1. The number of nitrogen functional groups attached to an aromatic ring is 1. The SMILES string of the molecule is CCn1nc2c(c1C(=O)NC1CCC(c3c(Cl)ccc4nc(C(F)(F)F)cc(N)c34)CC1)CCCC2. The van der Waals surface area contributed by atoms with E-state index in [4.69, 9.17) is 17.3 Å². The predicted octanol–water partition coefficient (Wildman–Crippen LogP) is 6.04. The summed E-state index contributed by atoms with van der Waals surface area (Å²) in [6, 6.07) is 3.96. The Morgan fingerprint density at radius 2 is 1.92 bits per heavy atom. The van der Waals surface area contributed by atoms with Gasteiger partial charge in [-0.2, -0.15) is 18.3 Å². The van der Waals surface area contributed by atoms with E-state index in [9.17, 15) is 18.0 Å². The number of nitrogens with two attached hydrogens (primary N) is 1. The maximum atomic E-state index is 13.3.